The van der Waals surface area contributed by atoms with Crippen molar-refractivity contribution in [3.8, 4) is 11.3 Å². The Morgan fingerprint density at radius 3 is 2.69 bits per heavy atom. The molecule has 16 heavy (non-hydrogen) atoms. The largest absolute Gasteiger partial charge is 0.463 e. The second-order valence-corrected chi connectivity index (χ2v) is 3.97. The Labute approximate surface area is 97.5 Å². The van der Waals surface area contributed by atoms with Crippen LogP contribution in [0.1, 0.15) is 0 Å². The van der Waals surface area contributed by atoms with Gasteiger partial charge >= 0.3 is 0 Å². The number of nitrogens with zero attached hydrogens (tertiary/aromatic N) is 1. The first kappa shape index (κ1) is 9.43. The number of hydrogen-bond donors (Lipinski definition) is 0. The lowest BCUT2D eigenvalue weighted by molar-refractivity contribution is 0.587. The lowest BCUT2D eigenvalue weighted by Crippen LogP contribution is -1.75. The molecule has 3 heteroatoms. The minimum Gasteiger partial charge on any atom is -0.463 e. The quantitative estimate of drug-likeness (QED) is 0.627. The van der Waals surface area contributed by atoms with Gasteiger partial charge in [-0.05, 0) is 30.3 Å². The Morgan fingerprint density at radius 2 is 1.88 bits per heavy atom. The first-order valence-electron chi connectivity index (χ1n) is 4.92. The topological polar surface area (TPSA) is 26.0 Å². The van der Waals surface area contributed by atoms with Crippen molar-refractivity contribution in [2.45, 2.75) is 0 Å². The van der Waals surface area contributed by atoms with E-state index in [9.17, 15) is 0 Å². The van der Waals surface area contributed by atoms with Gasteiger partial charge in [0.05, 0.1) is 6.26 Å². The third-order valence-electron chi connectivity index (χ3n) is 2.50. The molecule has 0 amide bonds. The van der Waals surface area contributed by atoms with Gasteiger partial charge in [0, 0.05) is 33.8 Å². The molecule has 0 radical (unpaired) electrons. The number of aromatic nitrogens is 1. The Bertz CT molecular complexity index is 631. The molecule has 0 aliphatic rings. The van der Waals surface area contributed by atoms with Gasteiger partial charge in [-0.3, -0.25) is 4.98 Å². The van der Waals surface area contributed by atoms with Crippen LogP contribution in [-0.2, 0) is 0 Å². The molecule has 0 saturated carbocycles. The second kappa shape index (κ2) is 3.65. The molecule has 2 nitrogen and oxygen atoms in total. The van der Waals surface area contributed by atoms with Crippen LogP contribution < -0.4 is 0 Å². The first-order chi connectivity index (χ1) is 7.84. The summed E-state index contributed by atoms with van der Waals surface area (Å²) in [6.45, 7) is 0. The molecule has 3 aromatic rings. The van der Waals surface area contributed by atoms with Crippen molar-refractivity contribution in [1.82, 2.24) is 4.98 Å². The van der Waals surface area contributed by atoms with Crippen LogP contribution in [0.15, 0.2) is 53.4 Å². The molecule has 78 valence electrons. The zero-order valence-electron chi connectivity index (χ0n) is 8.35. The van der Waals surface area contributed by atoms with Crippen molar-refractivity contribution in [1.29, 1.82) is 0 Å². The van der Waals surface area contributed by atoms with Gasteiger partial charge in [0.1, 0.15) is 5.76 Å². The van der Waals surface area contributed by atoms with Gasteiger partial charge in [-0.1, -0.05) is 11.6 Å². The highest BCUT2D eigenvalue weighted by Crippen LogP contribution is 2.31. The number of pyridine rings is 1. The summed E-state index contributed by atoms with van der Waals surface area (Å²) < 4.78 is 5.57. The molecule has 2 aromatic heterocycles. The fourth-order valence-electron chi connectivity index (χ4n) is 1.75. The van der Waals surface area contributed by atoms with Crippen LogP contribution in [0.5, 0.6) is 0 Å². The SMILES string of the molecule is Clc1ccc2c(-c3ccncc3)occ2c1. The van der Waals surface area contributed by atoms with Crippen molar-refractivity contribution >= 4 is 22.4 Å². The fraction of sp³-hybridized carbons (Fsp3) is 0. The summed E-state index contributed by atoms with van der Waals surface area (Å²) in [4.78, 5) is 3.99. The summed E-state index contributed by atoms with van der Waals surface area (Å²) >= 11 is 5.92. The summed E-state index contributed by atoms with van der Waals surface area (Å²) in [5.74, 6) is 0.856. The number of benzene rings is 1. The Morgan fingerprint density at radius 1 is 1.06 bits per heavy atom. The predicted octanol–water partition coefficient (Wildman–Crippen LogP) is 4.15. The smallest absolute Gasteiger partial charge is 0.141 e. The number of rotatable bonds is 1. The van der Waals surface area contributed by atoms with E-state index in [1.165, 1.54) is 0 Å². The summed E-state index contributed by atoms with van der Waals surface area (Å²) in [5, 5.41) is 2.80. The van der Waals surface area contributed by atoms with E-state index < -0.39 is 0 Å². The van der Waals surface area contributed by atoms with Gasteiger partial charge in [-0.15, -0.1) is 0 Å². The van der Waals surface area contributed by atoms with E-state index >= 15 is 0 Å². The van der Waals surface area contributed by atoms with Gasteiger partial charge in [0.25, 0.3) is 0 Å². The van der Waals surface area contributed by atoms with Crippen LogP contribution >= 0.6 is 11.6 Å². The zero-order valence-corrected chi connectivity index (χ0v) is 9.11. The van der Waals surface area contributed by atoms with Crippen LogP contribution in [0.4, 0.5) is 0 Å². The highest BCUT2D eigenvalue weighted by atomic mass is 35.5. The van der Waals surface area contributed by atoms with Crippen molar-refractivity contribution in [2.75, 3.05) is 0 Å². The van der Waals surface area contributed by atoms with Gasteiger partial charge in [-0.2, -0.15) is 0 Å². The van der Waals surface area contributed by atoms with E-state index in [1.54, 1.807) is 18.7 Å². The zero-order chi connectivity index (χ0) is 11.0. The van der Waals surface area contributed by atoms with E-state index in [-0.39, 0.29) is 0 Å². The number of halogens is 1. The highest BCUT2D eigenvalue weighted by Gasteiger charge is 2.08. The average Bonchev–Trinajstić information content (AvgIpc) is 2.73. The molecule has 0 spiro atoms. The molecule has 0 fully saturated rings. The van der Waals surface area contributed by atoms with E-state index in [2.05, 4.69) is 4.98 Å². The van der Waals surface area contributed by atoms with Gasteiger partial charge in [-0.25, -0.2) is 0 Å². The molecule has 0 saturated heterocycles. The maximum Gasteiger partial charge on any atom is 0.141 e. The van der Waals surface area contributed by atoms with E-state index in [0.717, 1.165) is 27.1 Å². The van der Waals surface area contributed by atoms with Crippen molar-refractivity contribution in [3.05, 3.63) is 54.0 Å². The molecule has 0 unspecified atom stereocenters. The van der Waals surface area contributed by atoms with Crippen LogP contribution in [0.3, 0.4) is 0 Å². The lowest BCUT2D eigenvalue weighted by Gasteiger charge is -1.97. The van der Waals surface area contributed by atoms with Crippen LogP contribution in [0, 0.1) is 0 Å². The van der Waals surface area contributed by atoms with Crippen LogP contribution in [-0.4, -0.2) is 4.98 Å². The summed E-state index contributed by atoms with van der Waals surface area (Å²) in [7, 11) is 0. The standard InChI is InChI=1S/C13H8ClNO/c14-11-1-2-12-10(7-11)8-16-13(12)9-3-5-15-6-4-9/h1-8H. The van der Waals surface area contributed by atoms with E-state index in [1.807, 2.05) is 30.3 Å². The van der Waals surface area contributed by atoms with Crippen molar-refractivity contribution in [2.24, 2.45) is 0 Å². The molecule has 0 aliphatic heterocycles. The van der Waals surface area contributed by atoms with Gasteiger partial charge < -0.3 is 4.42 Å². The van der Waals surface area contributed by atoms with Gasteiger partial charge in [0.15, 0.2) is 0 Å². The third-order valence-corrected chi connectivity index (χ3v) is 2.74. The molecular formula is C13H8ClNO. The second-order valence-electron chi connectivity index (χ2n) is 3.53. The summed E-state index contributed by atoms with van der Waals surface area (Å²) in [6.07, 6.45) is 5.22. The van der Waals surface area contributed by atoms with Gasteiger partial charge in [0.2, 0.25) is 0 Å². The normalized spacial score (nSPS) is 10.8. The average molecular weight is 230 g/mol. The minimum atomic E-state index is 0.717. The monoisotopic (exact) mass is 229 g/mol. The molecular weight excluding hydrogens is 222 g/mol. The number of fused-ring (bicyclic) bond motifs is 1. The maximum atomic E-state index is 5.92. The molecule has 0 N–H and O–H groups in total. The minimum absolute atomic E-state index is 0.717. The predicted molar refractivity (Wildman–Crippen MR) is 64.5 cm³/mol. The lowest BCUT2D eigenvalue weighted by atomic mass is 10.1. The number of hydrogen-bond acceptors (Lipinski definition) is 2. The van der Waals surface area contributed by atoms with E-state index in [4.69, 9.17) is 16.0 Å². The highest BCUT2D eigenvalue weighted by molar-refractivity contribution is 6.31. The summed E-state index contributed by atoms with van der Waals surface area (Å²) in [6, 6.07) is 9.58. The van der Waals surface area contributed by atoms with Crippen LogP contribution in [0.2, 0.25) is 5.02 Å². The molecule has 0 aliphatic carbocycles. The van der Waals surface area contributed by atoms with Crippen molar-refractivity contribution < 1.29 is 4.42 Å². The summed E-state index contributed by atoms with van der Waals surface area (Å²) in [5.41, 5.74) is 1.02. The molecule has 3 rings (SSSR count). The first-order valence-corrected chi connectivity index (χ1v) is 5.29. The molecule has 2 heterocycles. The Balaban J connectivity index is 2.26. The van der Waals surface area contributed by atoms with Crippen molar-refractivity contribution in [3.63, 3.8) is 0 Å². The molecule has 0 atom stereocenters. The molecule has 0 bridgehead atoms. The maximum absolute atomic E-state index is 5.92. The number of furan rings is 1. The Hall–Kier alpha value is -1.80. The molecule has 1 aromatic carbocycles. The Kier molecular flexibility index (Phi) is 2.15. The van der Waals surface area contributed by atoms with Crippen LogP contribution in [0.25, 0.3) is 22.1 Å². The fourth-order valence-corrected chi connectivity index (χ4v) is 1.93. The van der Waals surface area contributed by atoms with E-state index in [0.29, 0.717) is 0 Å². The third kappa shape index (κ3) is 1.48.